The Hall–Kier alpha value is -0.930. The third-order valence-electron chi connectivity index (χ3n) is 3.02. The van der Waals surface area contributed by atoms with Crippen LogP contribution in [0.5, 0.6) is 0 Å². The quantitative estimate of drug-likeness (QED) is 0.713. The van der Waals surface area contributed by atoms with Crippen LogP contribution in [0.15, 0.2) is 24.4 Å². The highest BCUT2D eigenvalue weighted by atomic mass is 15.1. The summed E-state index contributed by atoms with van der Waals surface area (Å²) in [4.78, 5) is 6.65. The smallest absolute Gasteiger partial charge is 0.0541 e. The molecule has 1 aromatic rings. The first-order valence-corrected chi connectivity index (χ1v) is 6.05. The third-order valence-corrected chi connectivity index (χ3v) is 3.02. The molecule has 0 spiro atoms. The van der Waals surface area contributed by atoms with Gasteiger partial charge < -0.3 is 10.2 Å². The Morgan fingerprint density at radius 2 is 2.25 bits per heavy atom. The summed E-state index contributed by atoms with van der Waals surface area (Å²) >= 11 is 0. The number of aromatic nitrogens is 1. The van der Waals surface area contributed by atoms with Crippen LogP contribution in [0.4, 0.5) is 0 Å². The molecule has 0 aliphatic rings. The van der Waals surface area contributed by atoms with Crippen LogP contribution in [-0.4, -0.2) is 36.1 Å². The number of pyridine rings is 1. The van der Waals surface area contributed by atoms with Gasteiger partial charge in [-0.05, 0) is 32.5 Å². The maximum atomic E-state index is 4.27. The molecule has 1 aromatic heterocycles. The lowest BCUT2D eigenvalue weighted by molar-refractivity contribution is 0.251. The molecule has 0 aromatic carbocycles. The zero-order valence-corrected chi connectivity index (χ0v) is 10.6. The average Bonchev–Trinajstić information content (AvgIpc) is 2.34. The summed E-state index contributed by atoms with van der Waals surface area (Å²) in [6, 6.07) is 6.68. The lowest BCUT2D eigenvalue weighted by Gasteiger charge is -2.23. The van der Waals surface area contributed by atoms with Crippen LogP contribution in [0, 0.1) is 0 Å². The first-order chi connectivity index (χ1) is 7.74. The van der Waals surface area contributed by atoms with Crippen LogP contribution in [-0.2, 0) is 6.54 Å². The lowest BCUT2D eigenvalue weighted by Crippen LogP contribution is -2.34. The molecule has 0 aliphatic heterocycles. The molecule has 16 heavy (non-hydrogen) atoms. The van der Waals surface area contributed by atoms with Crippen molar-refractivity contribution in [3.63, 3.8) is 0 Å². The molecule has 0 amide bonds. The predicted octanol–water partition coefficient (Wildman–Crippen LogP) is 1.90. The molecule has 1 atom stereocenters. The van der Waals surface area contributed by atoms with Gasteiger partial charge in [0.05, 0.1) is 5.69 Å². The fraction of sp³-hybridized carbons (Fsp3) is 0.615. The normalized spacial score (nSPS) is 13.0. The van der Waals surface area contributed by atoms with E-state index in [2.05, 4.69) is 36.1 Å². The van der Waals surface area contributed by atoms with Crippen molar-refractivity contribution in [1.29, 1.82) is 0 Å². The Labute approximate surface area is 98.9 Å². The topological polar surface area (TPSA) is 28.2 Å². The molecule has 3 heteroatoms. The van der Waals surface area contributed by atoms with Crippen molar-refractivity contribution in [3.05, 3.63) is 30.1 Å². The maximum Gasteiger partial charge on any atom is 0.0541 e. The molecule has 0 saturated carbocycles. The first-order valence-electron chi connectivity index (χ1n) is 6.05. The van der Waals surface area contributed by atoms with Crippen molar-refractivity contribution in [2.75, 3.05) is 20.1 Å². The molecular formula is C13H23N3. The summed E-state index contributed by atoms with van der Waals surface area (Å²) < 4.78 is 0. The largest absolute Gasteiger partial charge is 0.310 e. The minimum absolute atomic E-state index is 0.664. The van der Waals surface area contributed by atoms with Gasteiger partial charge in [0, 0.05) is 31.9 Å². The number of likely N-dealkylation sites (N-methyl/N-ethyl adjacent to an activating group) is 1. The number of nitrogens with zero attached hydrogens (tertiary/aromatic N) is 2. The van der Waals surface area contributed by atoms with E-state index in [9.17, 15) is 0 Å². The second kappa shape index (κ2) is 7.36. The van der Waals surface area contributed by atoms with Gasteiger partial charge in [0.2, 0.25) is 0 Å². The Bertz CT molecular complexity index is 274. The van der Waals surface area contributed by atoms with E-state index in [1.807, 2.05) is 24.4 Å². The fourth-order valence-electron chi connectivity index (χ4n) is 1.51. The molecule has 0 saturated heterocycles. The van der Waals surface area contributed by atoms with E-state index >= 15 is 0 Å². The van der Waals surface area contributed by atoms with E-state index in [-0.39, 0.29) is 0 Å². The lowest BCUT2D eigenvalue weighted by atomic mass is 10.2. The Morgan fingerprint density at radius 3 is 2.88 bits per heavy atom. The SMILES string of the molecule is CCC(C)N(C)CCNCc1ccccn1. The molecule has 0 radical (unpaired) electrons. The fourth-order valence-corrected chi connectivity index (χ4v) is 1.51. The molecule has 0 aliphatic carbocycles. The zero-order chi connectivity index (χ0) is 11.8. The second-order valence-electron chi connectivity index (χ2n) is 4.24. The summed E-state index contributed by atoms with van der Waals surface area (Å²) in [5, 5.41) is 3.41. The number of hydrogen-bond acceptors (Lipinski definition) is 3. The van der Waals surface area contributed by atoms with Crippen molar-refractivity contribution in [3.8, 4) is 0 Å². The van der Waals surface area contributed by atoms with Gasteiger partial charge in [-0.3, -0.25) is 4.98 Å². The Kier molecular flexibility index (Phi) is 6.04. The van der Waals surface area contributed by atoms with Gasteiger partial charge in [0.1, 0.15) is 0 Å². The highest BCUT2D eigenvalue weighted by Gasteiger charge is 2.04. The van der Waals surface area contributed by atoms with E-state index in [1.54, 1.807) is 0 Å². The van der Waals surface area contributed by atoms with Gasteiger partial charge in [-0.25, -0.2) is 0 Å². The molecule has 1 heterocycles. The van der Waals surface area contributed by atoms with Crippen LogP contribution in [0.25, 0.3) is 0 Å². The minimum atomic E-state index is 0.664. The van der Waals surface area contributed by atoms with Crippen molar-refractivity contribution < 1.29 is 0 Å². The Balaban J connectivity index is 2.13. The molecule has 1 unspecified atom stereocenters. The summed E-state index contributed by atoms with van der Waals surface area (Å²) in [5.41, 5.74) is 1.11. The third kappa shape index (κ3) is 4.73. The number of nitrogens with one attached hydrogen (secondary N) is 1. The highest BCUT2D eigenvalue weighted by molar-refractivity contribution is 5.02. The molecule has 0 bridgehead atoms. The molecule has 0 fully saturated rings. The molecule has 3 nitrogen and oxygen atoms in total. The van der Waals surface area contributed by atoms with Gasteiger partial charge in [0.15, 0.2) is 0 Å². The highest BCUT2D eigenvalue weighted by Crippen LogP contribution is 1.98. The van der Waals surface area contributed by atoms with Gasteiger partial charge in [-0.1, -0.05) is 13.0 Å². The number of hydrogen-bond donors (Lipinski definition) is 1. The van der Waals surface area contributed by atoms with Gasteiger partial charge in [-0.2, -0.15) is 0 Å². The predicted molar refractivity (Wildman–Crippen MR) is 68.3 cm³/mol. The van der Waals surface area contributed by atoms with Gasteiger partial charge in [0.25, 0.3) is 0 Å². The van der Waals surface area contributed by atoms with Crippen LogP contribution in [0.3, 0.4) is 0 Å². The monoisotopic (exact) mass is 221 g/mol. The maximum absolute atomic E-state index is 4.27. The minimum Gasteiger partial charge on any atom is -0.310 e. The molecular weight excluding hydrogens is 198 g/mol. The number of rotatable bonds is 7. The van der Waals surface area contributed by atoms with Crippen LogP contribution < -0.4 is 5.32 Å². The van der Waals surface area contributed by atoms with Crippen LogP contribution in [0.1, 0.15) is 26.0 Å². The van der Waals surface area contributed by atoms with Crippen molar-refractivity contribution >= 4 is 0 Å². The van der Waals surface area contributed by atoms with Crippen LogP contribution >= 0.6 is 0 Å². The van der Waals surface area contributed by atoms with Crippen molar-refractivity contribution in [1.82, 2.24) is 15.2 Å². The second-order valence-corrected chi connectivity index (χ2v) is 4.24. The first kappa shape index (κ1) is 13.1. The summed E-state index contributed by atoms with van der Waals surface area (Å²) in [6.45, 7) is 7.44. The van der Waals surface area contributed by atoms with E-state index in [4.69, 9.17) is 0 Å². The summed E-state index contributed by atoms with van der Waals surface area (Å²) in [7, 11) is 2.18. The van der Waals surface area contributed by atoms with Crippen molar-refractivity contribution in [2.45, 2.75) is 32.9 Å². The summed E-state index contributed by atoms with van der Waals surface area (Å²) in [6.07, 6.45) is 3.04. The molecule has 1 rings (SSSR count). The standard InChI is InChI=1S/C13H23N3/c1-4-12(2)16(3)10-9-14-11-13-7-5-6-8-15-13/h5-8,12,14H,4,9-11H2,1-3H3. The molecule has 1 N–H and O–H groups in total. The zero-order valence-electron chi connectivity index (χ0n) is 10.6. The van der Waals surface area contributed by atoms with E-state index in [0.717, 1.165) is 25.3 Å². The van der Waals surface area contributed by atoms with E-state index in [1.165, 1.54) is 6.42 Å². The van der Waals surface area contributed by atoms with Gasteiger partial charge in [-0.15, -0.1) is 0 Å². The van der Waals surface area contributed by atoms with Gasteiger partial charge >= 0.3 is 0 Å². The van der Waals surface area contributed by atoms with Crippen molar-refractivity contribution in [2.24, 2.45) is 0 Å². The van der Waals surface area contributed by atoms with E-state index in [0.29, 0.717) is 6.04 Å². The average molecular weight is 221 g/mol. The summed E-state index contributed by atoms with van der Waals surface area (Å²) in [5.74, 6) is 0. The van der Waals surface area contributed by atoms with E-state index < -0.39 is 0 Å². The molecule has 90 valence electrons. The Morgan fingerprint density at radius 1 is 1.44 bits per heavy atom. The van der Waals surface area contributed by atoms with Crippen LogP contribution in [0.2, 0.25) is 0 Å².